The first-order valence-corrected chi connectivity index (χ1v) is 7.67. The van der Waals surface area contributed by atoms with E-state index in [1.807, 2.05) is 6.92 Å². The van der Waals surface area contributed by atoms with Crippen molar-refractivity contribution in [2.45, 2.75) is 32.6 Å². The van der Waals surface area contributed by atoms with Gasteiger partial charge in [0.1, 0.15) is 10.7 Å². The van der Waals surface area contributed by atoms with E-state index in [0.717, 1.165) is 17.7 Å². The molecule has 1 aliphatic rings. The molecule has 0 saturated heterocycles. The van der Waals surface area contributed by atoms with E-state index in [2.05, 4.69) is 28.5 Å². The van der Waals surface area contributed by atoms with Gasteiger partial charge in [-0.1, -0.05) is 30.4 Å². The molecule has 1 aliphatic carbocycles. The first-order chi connectivity index (χ1) is 9.67. The van der Waals surface area contributed by atoms with Gasteiger partial charge >= 0.3 is 0 Å². The van der Waals surface area contributed by atoms with Gasteiger partial charge in [0.15, 0.2) is 5.13 Å². The number of carbonyl (C=O) groups excluding carboxylic acids is 1. The van der Waals surface area contributed by atoms with Crippen LogP contribution in [0.15, 0.2) is 18.2 Å². The summed E-state index contributed by atoms with van der Waals surface area (Å²) in [7, 11) is 0. The zero-order valence-electron chi connectivity index (χ0n) is 11.4. The summed E-state index contributed by atoms with van der Waals surface area (Å²) in [6, 6.07) is 6.42. The number of nitrogen functional groups attached to an aromatic ring is 1. The summed E-state index contributed by atoms with van der Waals surface area (Å²) in [5.74, 6) is -0.0424. The Kier molecular flexibility index (Phi) is 3.44. The Morgan fingerprint density at radius 2 is 2.20 bits per heavy atom. The quantitative estimate of drug-likeness (QED) is 0.910. The lowest BCUT2D eigenvalue weighted by Crippen LogP contribution is -2.08. The SMILES string of the molecule is CCC(=O)Nc1nc(-c2ccc3c(c2)CCC3)c(N)s1. The van der Waals surface area contributed by atoms with Gasteiger partial charge in [-0.3, -0.25) is 4.79 Å². The van der Waals surface area contributed by atoms with Crippen molar-refractivity contribution in [3.8, 4) is 11.3 Å². The molecule has 1 amide bonds. The van der Waals surface area contributed by atoms with Crippen molar-refractivity contribution in [1.82, 2.24) is 4.98 Å². The zero-order valence-corrected chi connectivity index (χ0v) is 12.2. The molecule has 0 fully saturated rings. The summed E-state index contributed by atoms with van der Waals surface area (Å²) in [6.07, 6.45) is 3.96. The van der Waals surface area contributed by atoms with Gasteiger partial charge in [0.2, 0.25) is 5.91 Å². The molecular weight excluding hydrogens is 270 g/mol. The third kappa shape index (κ3) is 2.41. The zero-order chi connectivity index (χ0) is 14.1. The van der Waals surface area contributed by atoms with E-state index in [1.165, 1.54) is 35.3 Å². The Labute approximate surface area is 122 Å². The van der Waals surface area contributed by atoms with Crippen LogP contribution < -0.4 is 11.1 Å². The number of fused-ring (bicyclic) bond motifs is 1. The molecule has 5 heteroatoms. The molecule has 0 saturated carbocycles. The molecular formula is C15H17N3OS. The molecule has 104 valence electrons. The van der Waals surface area contributed by atoms with Gasteiger partial charge in [-0.15, -0.1) is 0 Å². The Morgan fingerprint density at radius 1 is 1.40 bits per heavy atom. The number of nitrogens with one attached hydrogen (secondary N) is 1. The van der Waals surface area contributed by atoms with E-state index in [4.69, 9.17) is 5.73 Å². The fourth-order valence-electron chi connectivity index (χ4n) is 2.52. The number of hydrogen-bond donors (Lipinski definition) is 2. The molecule has 0 bridgehead atoms. The minimum absolute atomic E-state index is 0.0424. The monoisotopic (exact) mass is 287 g/mol. The Balaban J connectivity index is 1.92. The predicted molar refractivity (Wildman–Crippen MR) is 82.9 cm³/mol. The largest absolute Gasteiger partial charge is 0.389 e. The molecule has 0 radical (unpaired) electrons. The minimum atomic E-state index is -0.0424. The number of benzene rings is 1. The molecule has 2 aromatic rings. The van der Waals surface area contributed by atoms with E-state index < -0.39 is 0 Å². The number of nitrogens with zero attached hydrogens (tertiary/aromatic N) is 1. The number of carbonyl (C=O) groups is 1. The lowest BCUT2D eigenvalue weighted by atomic mass is 10.0. The van der Waals surface area contributed by atoms with Gasteiger partial charge < -0.3 is 11.1 Å². The smallest absolute Gasteiger partial charge is 0.225 e. The molecule has 1 aromatic heterocycles. The Bertz CT molecular complexity index is 663. The highest BCUT2D eigenvalue weighted by molar-refractivity contribution is 7.20. The summed E-state index contributed by atoms with van der Waals surface area (Å²) < 4.78 is 0. The van der Waals surface area contributed by atoms with Gasteiger partial charge in [0.25, 0.3) is 0 Å². The highest BCUT2D eigenvalue weighted by atomic mass is 32.1. The minimum Gasteiger partial charge on any atom is -0.389 e. The van der Waals surface area contributed by atoms with Crippen LogP contribution in [-0.4, -0.2) is 10.9 Å². The van der Waals surface area contributed by atoms with Crippen LogP contribution in [0.3, 0.4) is 0 Å². The second kappa shape index (κ2) is 5.25. The number of aryl methyl sites for hydroxylation is 2. The summed E-state index contributed by atoms with van der Waals surface area (Å²) in [5, 5.41) is 3.98. The van der Waals surface area contributed by atoms with E-state index in [9.17, 15) is 4.79 Å². The van der Waals surface area contributed by atoms with E-state index in [0.29, 0.717) is 16.6 Å². The Hall–Kier alpha value is -1.88. The third-order valence-electron chi connectivity index (χ3n) is 3.59. The van der Waals surface area contributed by atoms with Crippen LogP contribution in [0.25, 0.3) is 11.3 Å². The molecule has 3 rings (SSSR count). The summed E-state index contributed by atoms with van der Waals surface area (Å²) in [5.41, 5.74) is 10.7. The van der Waals surface area contributed by atoms with Gasteiger partial charge in [-0.25, -0.2) is 4.98 Å². The summed E-state index contributed by atoms with van der Waals surface area (Å²) >= 11 is 1.32. The number of aromatic nitrogens is 1. The van der Waals surface area contributed by atoms with Crippen molar-refractivity contribution in [3.63, 3.8) is 0 Å². The average Bonchev–Trinajstić information content (AvgIpc) is 3.04. The van der Waals surface area contributed by atoms with E-state index >= 15 is 0 Å². The van der Waals surface area contributed by atoms with E-state index in [-0.39, 0.29) is 5.91 Å². The normalized spacial score (nSPS) is 13.2. The molecule has 0 atom stereocenters. The molecule has 1 heterocycles. The second-order valence-corrected chi connectivity index (χ2v) is 6.00. The van der Waals surface area contributed by atoms with Crippen LogP contribution >= 0.6 is 11.3 Å². The van der Waals surface area contributed by atoms with Crippen LogP contribution in [0.2, 0.25) is 0 Å². The maximum atomic E-state index is 11.4. The number of anilines is 2. The van der Waals surface area contributed by atoms with Crippen molar-refractivity contribution < 1.29 is 4.79 Å². The summed E-state index contributed by atoms with van der Waals surface area (Å²) in [4.78, 5) is 15.9. The number of thiazole rings is 1. The lowest BCUT2D eigenvalue weighted by molar-refractivity contribution is -0.115. The van der Waals surface area contributed by atoms with Crippen LogP contribution in [0.5, 0.6) is 0 Å². The van der Waals surface area contributed by atoms with Gasteiger partial charge in [0.05, 0.1) is 0 Å². The van der Waals surface area contributed by atoms with Crippen molar-refractivity contribution in [3.05, 3.63) is 29.3 Å². The Morgan fingerprint density at radius 3 is 3.00 bits per heavy atom. The number of amides is 1. The van der Waals surface area contributed by atoms with E-state index in [1.54, 1.807) is 0 Å². The number of rotatable bonds is 3. The average molecular weight is 287 g/mol. The second-order valence-electron chi connectivity index (χ2n) is 4.97. The molecule has 3 N–H and O–H groups in total. The number of hydrogen-bond acceptors (Lipinski definition) is 4. The first-order valence-electron chi connectivity index (χ1n) is 6.85. The van der Waals surface area contributed by atoms with Gasteiger partial charge in [0, 0.05) is 12.0 Å². The van der Waals surface area contributed by atoms with Crippen LogP contribution in [0.4, 0.5) is 10.1 Å². The fraction of sp³-hybridized carbons (Fsp3) is 0.333. The van der Waals surface area contributed by atoms with Crippen molar-refractivity contribution in [2.24, 2.45) is 0 Å². The maximum absolute atomic E-state index is 11.4. The molecule has 0 unspecified atom stereocenters. The van der Waals surface area contributed by atoms with Crippen LogP contribution in [0.1, 0.15) is 30.9 Å². The molecule has 1 aromatic carbocycles. The maximum Gasteiger partial charge on any atom is 0.225 e. The highest BCUT2D eigenvalue weighted by Gasteiger charge is 2.16. The van der Waals surface area contributed by atoms with Crippen molar-refractivity contribution in [2.75, 3.05) is 11.1 Å². The van der Waals surface area contributed by atoms with Crippen molar-refractivity contribution in [1.29, 1.82) is 0 Å². The van der Waals surface area contributed by atoms with Gasteiger partial charge in [-0.2, -0.15) is 0 Å². The molecule has 20 heavy (non-hydrogen) atoms. The van der Waals surface area contributed by atoms with Crippen LogP contribution in [-0.2, 0) is 17.6 Å². The fourth-order valence-corrected chi connectivity index (χ4v) is 3.29. The summed E-state index contributed by atoms with van der Waals surface area (Å²) in [6.45, 7) is 1.81. The lowest BCUT2D eigenvalue weighted by Gasteiger charge is -2.03. The van der Waals surface area contributed by atoms with Gasteiger partial charge in [-0.05, 0) is 36.5 Å². The topological polar surface area (TPSA) is 68.0 Å². The number of nitrogens with two attached hydrogens (primary N) is 1. The predicted octanol–water partition coefficient (Wildman–Crippen LogP) is 3.23. The van der Waals surface area contributed by atoms with Crippen molar-refractivity contribution >= 4 is 27.4 Å². The molecule has 4 nitrogen and oxygen atoms in total. The molecule has 0 spiro atoms. The highest BCUT2D eigenvalue weighted by Crippen LogP contribution is 2.35. The standard InChI is InChI=1S/C15H17N3OS/c1-2-12(19)17-15-18-13(14(16)20-15)11-7-6-9-4-3-5-10(9)8-11/h6-8H,2-5,16H2,1H3,(H,17,18,19). The van der Waals surface area contributed by atoms with Crippen LogP contribution in [0, 0.1) is 0 Å². The molecule has 0 aliphatic heterocycles. The first kappa shape index (κ1) is 13.1. The third-order valence-corrected chi connectivity index (χ3v) is 4.39.